The second-order valence-electron chi connectivity index (χ2n) is 6.21. The molecule has 3 unspecified atom stereocenters. The van der Waals surface area contributed by atoms with Gasteiger partial charge in [0.15, 0.2) is 17.5 Å². The minimum Gasteiger partial charge on any atom is -0.491 e. The number of halogens is 1. The van der Waals surface area contributed by atoms with Gasteiger partial charge in [-0.3, -0.25) is 4.79 Å². The highest BCUT2D eigenvalue weighted by Crippen LogP contribution is 2.61. The predicted octanol–water partition coefficient (Wildman–Crippen LogP) is 2.33. The summed E-state index contributed by atoms with van der Waals surface area (Å²) < 4.78 is 13.8. The minimum absolute atomic E-state index is 0.167. The maximum Gasteiger partial charge on any atom is 0.237 e. The maximum atomic E-state index is 12.3. The Morgan fingerprint density at radius 1 is 1.36 bits per heavy atom. The standard InChI is InChI=1S/C15H18BrNO5/c1-19-12-10-13-15(22-21-13)6-4-3-5-14(15,20-2)8-17(10)7-9(16)11(12)18/h7,13H,3-6,8H2,1-2H3. The highest BCUT2D eigenvalue weighted by molar-refractivity contribution is 9.10. The minimum atomic E-state index is -0.520. The normalized spacial score (nSPS) is 35.9. The van der Waals surface area contributed by atoms with Gasteiger partial charge in [-0.25, -0.2) is 9.78 Å². The van der Waals surface area contributed by atoms with E-state index in [0.717, 1.165) is 31.4 Å². The van der Waals surface area contributed by atoms with E-state index < -0.39 is 11.2 Å². The summed E-state index contributed by atoms with van der Waals surface area (Å²) in [4.78, 5) is 23.4. The van der Waals surface area contributed by atoms with E-state index >= 15 is 0 Å². The van der Waals surface area contributed by atoms with Crippen molar-refractivity contribution in [1.82, 2.24) is 4.57 Å². The number of methoxy groups -OCH3 is 2. The van der Waals surface area contributed by atoms with Crippen LogP contribution >= 0.6 is 15.9 Å². The third-order valence-electron chi connectivity index (χ3n) is 5.37. The molecule has 6 nitrogen and oxygen atoms in total. The Balaban J connectivity index is 1.96. The fourth-order valence-electron chi connectivity index (χ4n) is 4.25. The topological polar surface area (TPSA) is 58.9 Å². The number of ether oxygens (including phenoxy) is 2. The monoisotopic (exact) mass is 371 g/mol. The number of nitrogens with zero attached hydrogens (tertiary/aromatic N) is 1. The van der Waals surface area contributed by atoms with Crippen molar-refractivity contribution in [3.63, 3.8) is 0 Å². The van der Waals surface area contributed by atoms with Gasteiger partial charge in [0.2, 0.25) is 5.43 Å². The largest absolute Gasteiger partial charge is 0.491 e. The van der Waals surface area contributed by atoms with E-state index in [1.165, 1.54) is 7.11 Å². The van der Waals surface area contributed by atoms with Gasteiger partial charge in [0.1, 0.15) is 11.3 Å². The van der Waals surface area contributed by atoms with Crippen molar-refractivity contribution in [2.45, 2.75) is 49.5 Å². The van der Waals surface area contributed by atoms with Crippen molar-refractivity contribution < 1.29 is 19.2 Å². The molecular weight excluding hydrogens is 354 g/mol. The Kier molecular flexibility index (Phi) is 3.21. The van der Waals surface area contributed by atoms with Crippen LogP contribution in [0.5, 0.6) is 5.75 Å². The van der Waals surface area contributed by atoms with Crippen LogP contribution in [0.15, 0.2) is 15.5 Å². The maximum absolute atomic E-state index is 12.3. The number of hydrogen-bond donors (Lipinski definition) is 0. The summed E-state index contributed by atoms with van der Waals surface area (Å²) in [6.07, 6.45) is 5.39. The summed E-state index contributed by atoms with van der Waals surface area (Å²) in [5, 5.41) is 0. The summed E-state index contributed by atoms with van der Waals surface area (Å²) in [7, 11) is 3.24. The summed E-state index contributed by atoms with van der Waals surface area (Å²) in [5.74, 6) is 0.317. The molecule has 1 saturated heterocycles. The highest BCUT2D eigenvalue weighted by atomic mass is 79.9. The lowest BCUT2D eigenvalue weighted by atomic mass is 9.64. The Labute approximate surface area is 136 Å². The molecule has 1 saturated carbocycles. The first-order valence-corrected chi connectivity index (χ1v) is 8.24. The van der Waals surface area contributed by atoms with Gasteiger partial charge in [0, 0.05) is 13.3 Å². The molecule has 3 aliphatic rings. The smallest absolute Gasteiger partial charge is 0.237 e. The molecule has 3 atom stereocenters. The van der Waals surface area contributed by atoms with Crippen LogP contribution in [0, 0.1) is 0 Å². The van der Waals surface area contributed by atoms with Crippen LogP contribution in [-0.2, 0) is 21.1 Å². The quantitative estimate of drug-likeness (QED) is 0.746. The summed E-state index contributed by atoms with van der Waals surface area (Å²) >= 11 is 3.32. The molecule has 4 rings (SSSR count). The molecule has 0 radical (unpaired) electrons. The molecule has 1 aliphatic carbocycles. The van der Waals surface area contributed by atoms with Crippen LogP contribution in [0.2, 0.25) is 0 Å². The third kappa shape index (κ3) is 1.57. The number of pyridine rings is 1. The molecule has 7 heteroatoms. The fraction of sp³-hybridized carbons (Fsp3) is 0.667. The van der Waals surface area contributed by atoms with Crippen LogP contribution in [0.25, 0.3) is 0 Å². The molecule has 1 aromatic rings. The Morgan fingerprint density at radius 3 is 2.77 bits per heavy atom. The molecular formula is C15H18BrNO5. The van der Waals surface area contributed by atoms with Gasteiger partial charge in [-0.15, -0.1) is 0 Å². The van der Waals surface area contributed by atoms with Gasteiger partial charge >= 0.3 is 0 Å². The number of rotatable bonds is 2. The van der Waals surface area contributed by atoms with E-state index in [9.17, 15) is 4.79 Å². The van der Waals surface area contributed by atoms with Crippen molar-refractivity contribution in [2.75, 3.05) is 14.2 Å². The first-order valence-electron chi connectivity index (χ1n) is 7.45. The second kappa shape index (κ2) is 4.80. The molecule has 0 bridgehead atoms. The lowest BCUT2D eigenvalue weighted by Crippen LogP contribution is -2.72. The zero-order valence-corrected chi connectivity index (χ0v) is 14.1. The third-order valence-corrected chi connectivity index (χ3v) is 5.93. The van der Waals surface area contributed by atoms with Crippen molar-refractivity contribution in [3.05, 3.63) is 26.6 Å². The van der Waals surface area contributed by atoms with E-state index in [4.69, 9.17) is 19.2 Å². The number of aromatic nitrogens is 1. The molecule has 1 aromatic heterocycles. The highest BCUT2D eigenvalue weighted by Gasteiger charge is 2.70. The van der Waals surface area contributed by atoms with Gasteiger partial charge < -0.3 is 14.0 Å². The summed E-state index contributed by atoms with van der Waals surface area (Å²) in [6.45, 7) is 0.619. The van der Waals surface area contributed by atoms with E-state index in [1.807, 2.05) is 4.57 Å². The van der Waals surface area contributed by atoms with E-state index in [2.05, 4.69) is 15.9 Å². The van der Waals surface area contributed by atoms with Crippen LogP contribution in [0.3, 0.4) is 0 Å². The lowest BCUT2D eigenvalue weighted by Gasteiger charge is -2.62. The van der Waals surface area contributed by atoms with Crippen LogP contribution in [0.1, 0.15) is 37.5 Å². The zero-order chi connectivity index (χ0) is 15.5. The Morgan fingerprint density at radius 2 is 2.14 bits per heavy atom. The van der Waals surface area contributed by atoms with Gasteiger partial charge in [0.05, 0.1) is 18.1 Å². The van der Waals surface area contributed by atoms with Gasteiger partial charge in [0.25, 0.3) is 0 Å². The van der Waals surface area contributed by atoms with Gasteiger partial charge in [-0.05, 0) is 28.8 Å². The van der Waals surface area contributed by atoms with Crippen molar-refractivity contribution in [2.24, 2.45) is 0 Å². The molecule has 0 amide bonds. The van der Waals surface area contributed by atoms with Crippen molar-refractivity contribution in [3.8, 4) is 5.75 Å². The fourth-order valence-corrected chi connectivity index (χ4v) is 4.68. The number of hydrogen-bond acceptors (Lipinski definition) is 5. The second-order valence-corrected chi connectivity index (χ2v) is 7.06. The number of fused-ring (bicyclic) bond motifs is 2. The molecule has 3 heterocycles. The molecule has 1 spiro atoms. The van der Waals surface area contributed by atoms with Gasteiger partial charge in [-0.2, -0.15) is 0 Å². The first kappa shape index (κ1) is 14.7. The summed E-state index contributed by atoms with van der Waals surface area (Å²) in [5.41, 5.74) is -0.370. The molecule has 0 aromatic carbocycles. The van der Waals surface area contributed by atoms with Crippen molar-refractivity contribution >= 4 is 15.9 Å². The molecule has 22 heavy (non-hydrogen) atoms. The van der Waals surface area contributed by atoms with Crippen LogP contribution in [0.4, 0.5) is 0 Å². The Bertz CT molecular complexity index is 689. The van der Waals surface area contributed by atoms with E-state index in [-0.39, 0.29) is 11.5 Å². The molecule has 2 fully saturated rings. The summed E-state index contributed by atoms with van der Waals surface area (Å²) in [6, 6.07) is 0. The van der Waals surface area contributed by atoms with Gasteiger partial charge in [-0.1, -0.05) is 12.8 Å². The average Bonchev–Trinajstić information content (AvgIpc) is 2.51. The lowest BCUT2D eigenvalue weighted by molar-refractivity contribution is -0.555. The first-order chi connectivity index (χ1) is 10.6. The Hall–Kier alpha value is -0.890. The SMILES string of the molecule is COc1c2n(cc(Br)c1=O)CC1(OC)CCCCC13OOC23. The molecule has 0 N–H and O–H groups in total. The van der Waals surface area contributed by atoms with E-state index in [0.29, 0.717) is 16.8 Å². The molecule has 120 valence electrons. The predicted molar refractivity (Wildman–Crippen MR) is 80.8 cm³/mol. The molecule has 2 aliphatic heterocycles. The zero-order valence-electron chi connectivity index (χ0n) is 12.6. The van der Waals surface area contributed by atoms with Crippen LogP contribution in [-0.4, -0.2) is 30.0 Å². The van der Waals surface area contributed by atoms with E-state index in [1.54, 1.807) is 13.3 Å². The average molecular weight is 372 g/mol. The van der Waals surface area contributed by atoms with Crippen molar-refractivity contribution in [1.29, 1.82) is 0 Å². The van der Waals surface area contributed by atoms with Crippen LogP contribution < -0.4 is 10.2 Å².